The van der Waals surface area contributed by atoms with Crippen molar-refractivity contribution in [2.75, 3.05) is 31.2 Å². The molecule has 1 atom stereocenters. The van der Waals surface area contributed by atoms with E-state index in [0.29, 0.717) is 13.1 Å². The minimum absolute atomic E-state index is 0.0164. The van der Waals surface area contributed by atoms with Gasteiger partial charge in [0.2, 0.25) is 5.91 Å². The molecule has 128 valence electrons. The standard InChI is InChI=1S/C17H23N5O2/c1-14(11-22-13-18-12-20-22)17(23)19-10-15-2-4-16(5-3-15)21-6-8-24-9-7-21/h2-5,12-14H,6-11H2,1H3,(H,19,23)/t14-/m0/s1. The molecule has 0 unspecified atom stereocenters. The average molecular weight is 329 g/mol. The van der Waals surface area contributed by atoms with Gasteiger partial charge in [-0.1, -0.05) is 19.1 Å². The fraction of sp³-hybridized carbons (Fsp3) is 0.471. The molecule has 7 heteroatoms. The van der Waals surface area contributed by atoms with E-state index < -0.39 is 0 Å². The number of carbonyl (C=O) groups is 1. The molecule has 7 nitrogen and oxygen atoms in total. The van der Waals surface area contributed by atoms with Crippen LogP contribution in [0.25, 0.3) is 0 Å². The Balaban J connectivity index is 1.48. The summed E-state index contributed by atoms with van der Waals surface area (Å²) in [6, 6.07) is 8.33. The first-order chi connectivity index (χ1) is 11.7. The Hall–Kier alpha value is -2.41. The lowest BCUT2D eigenvalue weighted by atomic mass is 10.1. The number of hydrogen-bond donors (Lipinski definition) is 1. The highest BCUT2D eigenvalue weighted by Gasteiger charge is 2.14. The Morgan fingerprint density at radius 3 is 2.71 bits per heavy atom. The summed E-state index contributed by atoms with van der Waals surface area (Å²) in [5.74, 6) is -0.137. The van der Waals surface area contributed by atoms with Crippen molar-refractivity contribution in [1.29, 1.82) is 0 Å². The van der Waals surface area contributed by atoms with Crippen molar-refractivity contribution in [3.8, 4) is 0 Å². The number of hydrogen-bond acceptors (Lipinski definition) is 5. The Morgan fingerprint density at radius 1 is 1.29 bits per heavy atom. The van der Waals surface area contributed by atoms with Crippen molar-refractivity contribution in [2.24, 2.45) is 5.92 Å². The van der Waals surface area contributed by atoms with Crippen molar-refractivity contribution in [1.82, 2.24) is 20.1 Å². The van der Waals surface area contributed by atoms with Crippen molar-refractivity contribution >= 4 is 11.6 Å². The monoisotopic (exact) mass is 329 g/mol. The third-order valence-corrected chi connectivity index (χ3v) is 4.15. The van der Waals surface area contributed by atoms with Crippen LogP contribution in [0.1, 0.15) is 12.5 Å². The van der Waals surface area contributed by atoms with Crippen LogP contribution in [-0.4, -0.2) is 47.0 Å². The van der Waals surface area contributed by atoms with E-state index >= 15 is 0 Å². The zero-order valence-corrected chi connectivity index (χ0v) is 13.9. The number of nitrogens with zero attached hydrogens (tertiary/aromatic N) is 4. The maximum atomic E-state index is 12.2. The molecule has 2 heterocycles. The molecule has 1 saturated heterocycles. The minimum atomic E-state index is -0.153. The summed E-state index contributed by atoms with van der Waals surface area (Å²) in [6.07, 6.45) is 3.09. The predicted molar refractivity (Wildman–Crippen MR) is 90.5 cm³/mol. The van der Waals surface area contributed by atoms with Crippen molar-refractivity contribution in [2.45, 2.75) is 20.0 Å². The van der Waals surface area contributed by atoms with Crippen LogP contribution < -0.4 is 10.2 Å². The molecule has 0 spiro atoms. The van der Waals surface area contributed by atoms with Gasteiger partial charge in [-0.25, -0.2) is 4.98 Å². The van der Waals surface area contributed by atoms with Crippen LogP contribution in [0.2, 0.25) is 0 Å². The highest BCUT2D eigenvalue weighted by Crippen LogP contribution is 2.16. The van der Waals surface area contributed by atoms with Crippen LogP contribution in [0, 0.1) is 5.92 Å². The molecule has 2 aromatic rings. The highest BCUT2D eigenvalue weighted by molar-refractivity contribution is 5.78. The Labute approximate surface area is 141 Å². The smallest absolute Gasteiger partial charge is 0.224 e. The molecule has 1 amide bonds. The molecule has 0 saturated carbocycles. The average Bonchev–Trinajstić information content (AvgIpc) is 3.14. The van der Waals surface area contributed by atoms with Gasteiger partial charge in [-0.15, -0.1) is 0 Å². The number of carbonyl (C=O) groups excluding carboxylic acids is 1. The second kappa shape index (κ2) is 7.92. The van der Waals surface area contributed by atoms with E-state index in [2.05, 4.69) is 44.6 Å². The third kappa shape index (κ3) is 4.32. The molecule has 0 bridgehead atoms. The number of morpholine rings is 1. The van der Waals surface area contributed by atoms with Crippen molar-refractivity contribution < 1.29 is 9.53 Å². The molecule has 1 aromatic heterocycles. The molecule has 1 aromatic carbocycles. The SMILES string of the molecule is C[C@@H](Cn1cncn1)C(=O)NCc1ccc(N2CCOCC2)cc1. The summed E-state index contributed by atoms with van der Waals surface area (Å²) in [5, 5.41) is 7.00. The number of benzene rings is 1. The molecule has 1 aliphatic heterocycles. The summed E-state index contributed by atoms with van der Waals surface area (Å²) < 4.78 is 7.04. The highest BCUT2D eigenvalue weighted by atomic mass is 16.5. The molecular formula is C17H23N5O2. The lowest BCUT2D eigenvalue weighted by Crippen LogP contribution is -2.36. The van der Waals surface area contributed by atoms with Gasteiger partial charge in [-0.05, 0) is 17.7 Å². The first-order valence-electron chi connectivity index (χ1n) is 8.24. The van der Waals surface area contributed by atoms with Crippen LogP contribution >= 0.6 is 0 Å². The number of ether oxygens (including phenoxy) is 1. The molecule has 0 radical (unpaired) electrons. The quantitative estimate of drug-likeness (QED) is 0.858. The topological polar surface area (TPSA) is 72.3 Å². The van der Waals surface area contributed by atoms with Gasteiger partial charge in [0.25, 0.3) is 0 Å². The second-order valence-electron chi connectivity index (χ2n) is 6.00. The lowest BCUT2D eigenvalue weighted by molar-refractivity contribution is -0.125. The molecule has 1 fully saturated rings. The van der Waals surface area contributed by atoms with Gasteiger partial charge in [-0.2, -0.15) is 5.10 Å². The van der Waals surface area contributed by atoms with E-state index in [1.54, 1.807) is 11.0 Å². The fourth-order valence-corrected chi connectivity index (χ4v) is 2.70. The van der Waals surface area contributed by atoms with Gasteiger partial charge in [0.05, 0.1) is 25.7 Å². The van der Waals surface area contributed by atoms with Crippen molar-refractivity contribution in [3.63, 3.8) is 0 Å². The van der Waals surface area contributed by atoms with E-state index in [9.17, 15) is 4.79 Å². The summed E-state index contributed by atoms with van der Waals surface area (Å²) >= 11 is 0. The van der Waals surface area contributed by atoms with E-state index in [0.717, 1.165) is 31.9 Å². The zero-order chi connectivity index (χ0) is 16.8. The lowest BCUT2D eigenvalue weighted by Gasteiger charge is -2.28. The Bertz CT molecular complexity index is 636. The van der Waals surface area contributed by atoms with Gasteiger partial charge in [-0.3, -0.25) is 9.48 Å². The van der Waals surface area contributed by atoms with Crippen LogP contribution in [0.5, 0.6) is 0 Å². The normalized spacial score (nSPS) is 16.0. The number of rotatable bonds is 6. The van der Waals surface area contributed by atoms with Gasteiger partial charge >= 0.3 is 0 Å². The van der Waals surface area contributed by atoms with E-state index in [4.69, 9.17) is 4.74 Å². The van der Waals surface area contributed by atoms with Crippen LogP contribution in [0.15, 0.2) is 36.9 Å². The largest absolute Gasteiger partial charge is 0.378 e. The Morgan fingerprint density at radius 2 is 2.04 bits per heavy atom. The maximum absolute atomic E-state index is 12.2. The molecule has 1 N–H and O–H groups in total. The van der Waals surface area contributed by atoms with Crippen LogP contribution in [0.4, 0.5) is 5.69 Å². The van der Waals surface area contributed by atoms with E-state index in [1.165, 1.54) is 12.0 Å². The van der Waals surface area contributed by atoms with E-state index in [-0.39, 0.29) is 11.8 Å². The third-order valence-electron chi connectivity index (χ3n) is 4.15. The molecule has 1 aliphatic rings. The number of nitrogens with one attached hydrogen (secondary N) is 1. The number of amides is 1. The molecule has 24 heavy (non-hydrogen) atoms. The van der Waals surface area contributed by atoms with Gasteiger partial charge < -0.3 is 15.0 Å². The second-order valence-corrected chi connectivity index (χ2v) is 6.00. The van der Waals surface area contributed by atoms with Gasteiger partial charge in [0.15, 0.2) is 0 Å². The first-order valence-corrected chi connectivity index (χ1v) is 8.24. The molecule has 3 rings (SSSR count). The number of anilines is 1. The summed E-state index contributed by atoms with van der Waals surface area (Å²) in [7, 11) is 0. The Kier molecular flexibility index (Phi) is 5.43. The minimum Gasteiger partial charge on any atom is -0.378 e. The summed E-state index contributed by atoms with van der Waals surface area (Å²) in [6.45, 7) is 6.36. The molecular weight excluding hydrogens is 306 g/mol. The van der Waals surface area contributed by atoms with Gasteiger partial charge in [0, 0.05) is 25.3 Å². The summed E-state index contributed by atoms with van der Waals surface area (Å²) in [5.41, 5.74) is 2.29. The molecule has 0 aliphatic carbocycles. The number of aromatic nitrogens is 3. The van der Waals surface area contributed by atoms with Crippen molar-refractivity contribution in [3.05, 3.63) is 42.5 Å². The predicted octanol–water partition coefficient (Wildman–Crippen LogP) is 1.07. The first kappa shape index (κ1) is 16.4. The fourth-order valence-electron chi connectivity index (χ4n) is 2.70. The van der Waals surface area contributed by atoms with Gasteiger partial charge in [0.1, 0.15) is 12.7 Å². The zero-order valence-electron chi connectivity index (χ0n) is 13.9. The summed E-state index contributed by atoms with van der Waals surface area (Å²) in [4.78, 5) is 18.4. The van der Waals surface area contributed by atoms with E-state index in [1.807, 2.05) is 6.92 Å². The van der Waals surface area contributed by atoms with Crippen LogP contribution in [-0.2, 0) is 22.6 Å². The van der Waals surface area contributed by atoms with Crippen LogP contribution in [0.3, 0.4) is 0 Å². The maximum Gasteiger partial charge on any atom is 0.224 e.